The van der Waals surface area contributed by atoms with E-state index in [9.17, 15) is 4.79 Å². The maximum absolute atomic E-state index is 12.1. The monoisotopic (exact) mass is 304 g/mol. The average Bonchev–Trinajstić information content (AvgIpc) is 2.31. The molecule has 2 aromatic rings. The van der Waals surface area contributed by atoms with E-state index in [1.54, 1.807) is 18.5 Å². The second kappa shape index (κ2) is 5.31. The molecule has 4 heteroatoms. The second-order valence-electron chi connectivity index (χ2n) is 4.19. The third kappa shape index (κ3) is 2.96. The van der Waals surface area contributed by atoms with Gasteiger partial charge in [-0.2, -0.15) is 0 Å². The van der Waals surface area contributed by atoms with Crippen molar-refractivity contribution in [3.05, 3.63) is 57.8 Å². The van der Waals surface area contributed by atoms with E-state index in [-0.39, 0.29) is 5.91 Å². The highest BCUT2D eigenvalue weighted by molar-refractivity contribution is 9.10. The van der Waals surface area contributed by atoms with Gasteiger partial charge in [-0.15, -0.1) is 0 Å². The summed E-state index contributed by atoms with van der Waals surface area (Å²) in [5, 5.41) is 2.86. The van der Waals surface area contributed by atoms with Crippen molar-refractivity contribution in [3.8, 4) is 0 Å². The van der Waals surface area contributed by atoms with Gasteiger partial charge in [0.1, 0.15) is 0 Å². The Kier molecular flexibility index (Phi) is 3.77. The largest absolute Gasteiger partial charge is 0.321 e. The SMILES string of the molecule is Cc1cc(C)cc(C(=O)Nc2ccncc2Br)c1. The highest BCUT2D eigenvalue weighted by Crippen LogP contribution is 2.21. The van der Waals surface area contributed by atoms with E-state index in [1.165, 1.54) is 0 Å². The van der Waals surface area contributed by atoms with E-state index in [2.05, 4.69) is 26.2 Å². The van der Waals surface area contributed by atoms with Gasteiger partial charge in [-0.1, -0.05) is 17.2 Å². The van der Waals surface area contributed by atoms with Crippen LogP contribution in [0, 0.1) is 13.8 Å². The topological polar surface area (TPSA) is 42.0 Å². The van der Waals surface area contributed by atoms with Crippen LogP contribution < -0.4 is 5.32 Å². The molecule has 0 saturated heterocycles. The molecule has 3 nitrogen and oxygen atoms in total. The maximum atomic E-state index is 12.1. The van der Waals surface area contributed by atoms with E-state index in [4.69, 9.17) is 0 Å². The van der Waals surface area contributed by atoms with Gasteiger partial charge in [-0.05, 0) is 48.0 Å². The number of nitrogens with zero attached hydrogens (tertiary/aromatic N) is 1. The predicted octanol–water partition coefficient (Wildman–Crippen LogP) is 3.71. The Balaban J connectivity index is 2.25. The average molecular weight is 305 g/mol. The lowest BCUT2D eigenvalue weighted by Crippen LogP contribution is -2.12. The number of amides is 1. The Morgan fingerprint density at radius 3 is 2.50 bits per heavy atom. The van der Waals surface area contributed by atoms with Gasteiger partial charge < -0.3 is 5.32 Å². The van der Waals surface area contributed by atoms with Gasteiger partial charge in [0.2, 0.25) is 0 Å². The van der Waals surface area contributed by atoms with Crippen LogP contribution in [0.1, 0.15) is 21.5 Å². The standard InChI is InChI=1S/C14H13BrN2O/c1-9-5-10(2)7-11(6-9)14(18)17-13-3-4-16-8-12(13)15/h3-8H,1-2H3,(H,16,17,18). The molecule has 1 aromatic carbocycles. The Labute approximate surface area is 114 Å². The number of carbonyl (C=O) groups excluding carboxylic acids is 1. The number of hydrogen-bond acceptors (Lipinski definition) is 2. The molecule has 0 fully saturated rings. The minimum Gasteiger partial charge on any atom is -0.321 e. The molecule has 0 spiro atoms. The summed E-state index contributed by atoms with van der Waals surface area (Å²) in [4.78, 5) is 16.1. The summed E-state index contributed by atoms with van der Waals surface area (Å²) >= 11 is 3.35. The molecule has 0 radical (unpaired) electrons. The van der Waals surface area contributed by atoms with Crippen LogP contribution in [-0.2, 0) is 0 Å². The predicted molar refractivity (Wildman–Crippen MR) is 75.8 cm³/mol. The molecule has 0 atom stereocenters. The first-order valence-electron chi connectivity index (χ1n) is 5.55. The number of nitrogens with one attached hydrogen (secondary N) is 1. The van der Waals surface area contributed by atoms with Crippen molar-refractivity contribution in [2.24, 2.45) is 0 Å². The molecule has 1 N–H and O–H groups in total. The maximum Gasteiger partial charge on any atom is 0.255 e. The first-order valence-corrected chi connectivity index (χ1v) is 6.35. The summed E-state index contributed by atoms with van der Waals surface area (Å²) in [5.41, 5.74) is 3.54. The molecule has 2 rings (SSSR count). The number of anilines is 1. The molecule has 1 heterocycles. The quantitative estimate of drug-likeness (QED) is 0.919. The van der Waals surface area contributed by atoms with Crippen molar-refractivity contribution in [2.45, 2.75) is 13.8 Å². The Hall–Kier alpha value is -1.68. The normalized spacial score (nSPS) is 10.2. The molecule has 18 heavy (non-hydrogen) atoms. The zero-order valence-electron chi connectivity index (χ0n) is 10.2. The fourth-order valence-electron chi connectivity index (χ4n) is 1.78. The van der Waals surface area contributed by atoms with Crippen LogP contribution in [0.3, 0.4) is 0 Å². The fraction of sp³-hybridized carbons (Fsp3) is 0.143. The molecule has 1 amide bonds. The van der Waals surface area contributed by atoms with Gasteiger partial charge in [0.25, 0.3) is 5.91 Å². The number of aryl methyl sites for hydroxylation is 2. The van der Waals surface area contributed by atoms with Crippen molar-refractivity contribution >= 4 is 27.5 Å². The van der Waals surface area contributed by atoms with Crippen LogP contribution in [0.25, 0.3) is 0 Å². The van der Waals surface area contributed by atoms with Gasteiger partial charge in [0.05, 0.1) is 10.2 Å². The number of rotatable bonds is 2. The third-order valence-corrected chi connectivity index (χ3v) is 3.14. The van der Waals surface area contributed by atoms with Crippen LogP contribution in [0.5, 0.6) is 0 Å². The van der Waals surface area contributed by atoms with Gasteiger partial charge in [-0.25, -0.2) is 0 Å². The van der Waals surface area contributed by atoms with Gasteiger partial charge in [0.15, 0.2) is 0 Å². The number of hydrogen-bond donors (Lipinski definition) is 1. The zero-order valence-corrected chi connectivity index (χ0v) is 11.8. The Morgan fingerprint density at radius 2 is 1.89 bits per heavy atom. The van der Waals surface area contributed by atoms with Crippen LogP contribution in [0.15, 0.2) is 41.1 Å². The number of halogens is 1. The third-order valence-electron chi connectivity index (χ3n) is 2.50. The minimum atomic E-state index is -0.117. The van der Waals surface area contributed by atoms with Crippen LogP contribution in [0.4, 0.5) is 5.69 Å². The summed E-state index contributed by atoms with van der Waals surface area (Å²) < 4.78 is 0.766. The van der Waals surface area contributed by atoms with Crippen LogP contribution in [0.2, 0.25) is 0 Å². The molecule has 0 aliphatic heterocycles. The number of benzene rings is 1. The van der Waals surface area contributed by atoms with E-state index in [1.807, 2.05) is 32.0 Å². The van der Waals surface area contributed by atoms with Crippen molar-refractivity contribution in [1.82, 2.24) is 4.98 Å². The zero-order chi connectivity index (χ0) is 13.1. The first-order chi connectivity index (χ1) is 8.56. The number of pyridine rings is 1. The first kappa shape index (κ1) is 12.8. The molecule has 0 aliphatic rings. The van der Waals surface area contributed by atoms with Crippen molar-refractivity contribution in [2.75, 3.05) is 5.32 Å². The van der Waals surface area contributed by atoms with Crippen molar-refractivity contribution in [3.63, 3.8) is 0 Å². The van der Waals surface area contributed by atoms with Crippen LogP contribution >= 0.6 is 15.9 Å². The van der Waals surface area contributed by atoms with Gasteiger partial charge in [-0.3, -0.25) is 9.78 Å². The van der Waals surface area contributed by atoms with E-state index < -0.39 is 0 Å². The van der Waals surface area contributed by atoms with E-state index in [0.29, 0.717) is 11.3 Å². The summed E-state index contributed by atoms with van der Waals surface area (Å²) in [7, 11) is 0. The molecule has 0 unspecified atom stereocenters. The molecular formula is C14H13BrN2O. The van der Waals surface area contributed by atoms with E-state index in [0.717, 1.165) is 15.6 Å². The van der Waals surface area contributed by atoms with Gasteiger partial charge in [0, 0.05) is 18.0 Å². The molecule has 1 aromatic heterocycles. The number of aromatic nitrogens is 1. The number of carbonyl (C=O) groups is 1. The Bertz CT molecular complexity index is 576. The highest BCUT2D eigenvalue weighted by Gasteiger charge is 2.08. The summed E-state index contributed by atoms with van der Waals surface area (Å²) in [5.74, 6) is -0.117. The molecule has 0 bridgehead atoms. The summed E-state index contributed by atoms with van der Waals surface area (Å²) in [6, 6.07) is 7.54. The van der Waals surface area contributed by atoms with Crippen LogP contribution in [-0.4, -0.2) is 10.9 Å². The van der Waals surface area contributed by atoms with Crippen molar-refractivity contribution < 1.29 is 4.79 Å². The smallest absolute Gasteiger partial charge is 0.255 e. The molecule has 0 aliphatic carbocycles. The summed E-state index contributed by atoms with van der Waals surface area (Å²) in [6.07, 6.45) is 3.29. The molecule has 92 valence electrons. The molecule has 0 saturated carbocycles. The lowest BCUT2D eigenvalue weighted by atomic mass is 10.1. The second-order valence-corrected chi connectivity index (χ2v) is 5.04. The van der Waals surface area contributed by atoms with E-state index >= 15 is 0 Å². The highest BCUT2D eigenvalue weighted by atomic mass is 79.9. The van der Waals surface area contributed by atoms with Gasteiger partial charge >= 0.3 is 0 Å². The lowest BCUT2D eigenvalue weighted by Gasteiger charge is -2.08. The fourth-order valence-corrected chi connectivity index (χ4v) is 2.13. The minimum absolute atomic E-state index is 0.117. The Morgan fingerprint density at radius 1 is 1.22 bits per heavy atom. The van der Waals surface area contributed by atoms with Crippen molar-refractivity contribution in [1.29, 1.82) is 0 Å². The lowest BCUT2D eigenvalue weighted by molar-refractivity contribution is 0.102. The summed E-state index contributed by atoms with van der Waals surface area (Å²) in [6.45, 7) is 3.96. The molecular weight excluding hydrogens is 292 g/mol.